The number of hydrogen-bond donors (Lipinski definition) is 0. The van der Waals surface area contributed by atoms with Crippen molar-refractivity contribution in [2.75, 3.05) is 12.3 Å². The van der Waals surface area contributed by atoms with E-state index in [1.807, 2.05) is 34.9 Å². The van der Waals surface area contributed by atoms with Crippen LogP contribution in [0.5, 0.6) is 0 Å². The van der Waals surface area contributed by atoms with Crippen LogP contribution in [0.1, 0.15) is 20.7 Å². The SMILES string of the molecule is O=C1c2ccccc2C(=O)N1CCSc1nnc(-c2ccc(F)cc2)n1-c1ccccc1. The van der Waals surface area contributed by atoms with Gasteiger partial charge >= 0.3 is 0 Å². The maximum atomic E-state index is 13.4. The summed E-state index contributed by atoms with van der Waals surface area (Å²) in [5.74, 6) is 0.166. The Balaban J connectivity index is 1.39. The van der Waals surface area contributed by atoms with Gasteiger partial charge in [-0.15, -0.1) is 10.2 Å². The fourth-order valence-corrected chi connectivity index (χ4v) is 4.51. The van der Waals surface area contributed by atoms with Crippen molar-refractivity contribution in [3.8, 4) is 17.1 Å². The van der Waals surface area contributed by atoms with Crippen LogP contribution < -0.4 is 0 Å². The second-order valence-electron chi connectivity index (χ2n) is 7.14. The number of aromatic nitrogens is 3. The highest BCUT2D eigenvalue weighted by Gasteiger charge is 2.34. The molecule has 0 saturated heterocycles. The zero-order valence-electron chi connectivity index (χ0n) is 16.8. The summed E-state index contributed by atoms with van der Waals surface area (Å²) in [5, 5.41) is 9.27. The summed E-state index contributed by atoms with van der Waals surface area (Å²) in [4.78, 5) is 26.4. The lowest BCUT2D eigenvalue weighted by Gasteiger charge is -2.14. The molecule has 32 heavy (non-hydrogen) atoms. The molecule has 0 aliphatic carbocycles. The first kappa shape index (κ1) is 20.1. The summed E-state index contributed by atoms with van der Waals surface area (Å²) < 4.78 is 15.3. The van der Waals surface area contributed by atoms with Gasteiger partial charge in [-0.2, -0.15) is 0 Å². The van der Waals surface area contributed by atoms with Gasteiger partial charge in [-0.1, -0.05) is 42.1 Å². The van der Waals surface area contributed by atoms with E-state index in [1.54, 1.807) is 36.4 Å². The Bertz CT molecular complexity index is 1270. The van der Waals surface area contributed by atoms with Crippen LogP contribution in [-0.4, -0.2) is 43.8 Å². The molecule has 2 amide bonds. The molecule has 0 bridgehead atoms. The van der Waals surface area contributed by atoms with E-state index in [4.69, 9.17) is 0 Å². The van der Waals surface area contributed by atoms with Crippen LogP contribution in [0.15, 0.2) is 84.0 Å². The maximum Gasteiger partial charge on any atom is 0.261 e. The first-order valence-corrected chi connectivity index (χ1v) is 11.0. The summed E-state index contributed by atoms with van der Waals surface area (Å²) in [7, 11) is 0. The Morgan fingerprint density at radius 1 is 0.781 bits per heavy atom. The number of rotatable bonds is 6. The highest BCUT2D eigenvalue weighted by Crippen LogP contribution is 2.29. The van der Waals surface area contributed by atoms with Gasteiger partial charge in [-0.25, -0.2) is 4.39 Å². The molecule has 4 aromatic rings. The number of thioether (sulfide) groups is 1. The molecule has 158 valence electrons. The fraction of sp³-hybridized carbons (Fsp3) is 0.0833. The van der Waals surface area contributed by atoms with Gasteiger partial charge in [-0.05, 0) is 48.5 Å². The van der Waals surface area contributed by atoms with Crippen molar-refractivity contribution in [1.29, 1.82) is 0 Å². The van der Waals surface area contributed by atoms with E-state index in [-0.39, 0.29) is 24.2 Å². The Morgan fingerprint density at radius 3 is 2.06 bits per heavy atom. The number of halogens is 1. The molecule has 5 rings (SSSR count). The van der Waals surface area contributed by atoms with Gasteiger partial charge in [0.1, 0.15) is 5.82 Å². The van der Waals surface area contributed by atoms with Crippen molar-refractivity contribution in [3.05, 3.63) is 95.8 Å². The van der Waals surface area contributed by atoms with Gasteiger partial charge < -0.3 is 0 Å². The summed E-state index contributed by atoms with van der Waals surface area (Å²) >= 11 is 1.40. The van der Waals surface area contributed by atoms with Crippen LogP contribution in [0.3, 0.4) is 0 Å². The summed E-state index contributed by atoms with van der Waals surface area (Å²) in [6.07, 6.45) is 0. The summed E-state index contributed by atoms with van der Waals surface area (Å²) in [6.45, 7) is 0.255. The molecule has 2 heterocycles. The normalized spacial score (nSPS) is 13.0. The van der Waals surface area contributed by atoms with Crippen molar-refractivity contribution < 1.29 is 14.0 Å². The third-order valence-corrected chi connectivity index (χ3v) is 6.08. The second-order valence-corrected chi connectivity index (χ2v) is 8.20. The largest absolute Gasteiger partial charge is 0.273 e. The predicted octanol–water partition coefficient (Wildman–Crippen LogP) is 4.46. The van der Waals surface area contributed by atoms with Gasteiger partial charge in [0.2, 0.25) is 0 Å². The molecule has 6 nitrogen and oxygen atoms in total. The first-order chi connectivity index (χ1) is 15.6. The van der Waals surface area contributed by atoms with Crippen LogP contribution in [0.4, 0.5) is 4.39 Å². The summed E-state index contributed by atoms with van der Waals surface area (Å²) in [6, 6.07) is 22.5. The lowest BCUT2D eigenvalue weighted by atomic mass is 10.1. The predicted molar refractivity (Wildman–Crippen MR) is 119 cm³/mol. The monoisotopic (exact) mass is 444 g/mol. The van der Waals surface area contributed by atoms with E-state index >= 15 is 0 Å². The second kappa shape index (κ2) is 8.39. The summed E-state index contributed by atoms with van der Waals surface area (Å²) in [5.41, 5.74) is 2.47. The van der Waals surface area contributed by atoms with Crippen molar-refractivity contribution in [3.63, 3.8) is 0 Å². The standard InChI is InChI=1S/C24H17FN4O2S/c25-17-12-10-16(11-13-17)21-26-27-24(29(21)18-6-2-1-3-7-18)32-15-14-28-22(30)19-8-4-5-9-20(19)23(28)31/h1-13H,14-15H2. The molecule has 0 saturated carbocycles. The van der Waals surface area contributed by atoms with Crippen molar-refractivity contribution >= 4 is 23.6 Å². The number of hydrogen-bond acceptors (Lipinski definition) is 5. The Morgan fingerprint density at radius 2 is 1.41 bits per heavy atom. The number of fused-ring (bicyclic) bond motifs is 1. The molecule has 0 unspecified atom stereocenters. The molecule has 3 aromatic carbocycles. The number of carbonyl (C=O) groups is 2. The number of benzene rings is 3. The minimum Gasteiger partial charge on any atom is -0.273 e. The Labute approximate surface area is 187 Å². The van der Waals surface area contributed by atoms with Crippen LogP contribution in [-0.2, 0) is 0 Å². The van der Waals surface area contributed by atoms with Crippen LogP contribution in [0.2, 0.25) is 0 Å². The van der Waals surface area contributed by atoms with E-state index in [1.165, 1.54) is 28.8 Å². The number of carbonyl (C=O) groups excluding carboxylic acids is 2. The van der Waals surface area contributed by atoms with Crippen LogP contribution >= 0.6 is 11.8 Å². The lowest BCUT2D eigenvalue weighted by Crippen LogP contribution is -2.31. The Kier molecular flexibility index (Phi) is 5.28. The molecule has 1 aromatic heterocycles. The molecule has 0 N–H and O–H groups in total. The highest BCUT2D eigenvalue weighted by molar-refractivity contribution is 7.99. The first-order valence-electron chi connectivity index (χ1n) is 9.98. The van der Waals surface area contributed by atoms with Gasteiger partial charge in [0.15, 0.2) is 11.0 Å². The van der Waals surface area contributed by atoms with Crippen LogP contribution in [0, 0.1) is 5.82 Å². The van der Waals surface area contributed by atoms with Gasteiger partial charge in [0.25, 0.3) is 11.8 Å². The van der Waals surface area contributed by atoms with Crippen molar-refractivity contribution in [2.45, 2.75) is 5.16 Å². The third kappa shape index (κ3) is 3.58. The average Bonchev–Trinajstić information content (AvgIpc) is 3.35. The van der Waals surface area contributed by atoms with E-state index in [9.17, 15) is 14.0 Å². The zero-order valence-corrected chi connectivity index (χ0v) is 17.6. The number of nitrogens with zero attached hydrogens (tertiary/aromatic N) is 4. The zero-order chi connectivity index (χ0) is 22.1. The fourth-order valence-electron chi connectivity index (χ4n) is 3.63. The van der Waals surface area contributed by atoms with E-state index in [0.717, 1.165) is 11.3 Å². The van der Waals surface area contributed by atoms with Gasteiger partial charge in [-0.3, -0.25) is 19.1 Å². The van der Waals surface area contributed by atoms with Crippen LogP contribution in [0.25, 0.3) is 17.1 Å². The molecule has 0 fully saturated rings. The van der Waals surface area contributed by atoms with Crippen molar-refractivity contribution in [1.82, 2.24) is 19.7 Å². The number of amides is 2. The van der Waals surface area contributed by atoms with Gasteiger partial charge in [0, 0.05) is 23.5 Å². The molecule has 0 atom stereocenters. The third-order valence-electron chi connectivity index (χ3n) is 5.17. The number of imide groups is 1. The molecular formula is C24H17FN4O2S. The quantitative estimate of drug-likeness (QED) is 0.324. The molecule has 0 spiro atoms. The van der Waals surface area contributed by atoms with E-state index < -0.39 is 0 Å². The van der Waals surface area contributed by atoms with E-state index in [0.29, 0.717) is 27.9 Å². The van der Waals surface area contributed by atoms with Crippen molar-refractivity contribution in [2.24, 2.45) is 0 Å². The smallest absolute Gasteiger partial charge is 0.261 e. The Hall–Kier alpha value is -3.78. The topological polar surface area (TPSA) is 68.1 Å². The number of para-hydroxylation sites is 1. The van der Waals surface area contributed by atoms with E-state index in [2.05, 4.69) is 10.2 Å². The molecule has 0 radical (unpaired) electrons. The molecule has 1 aliphatic rings. The molecule has 1 aliphatic heterocycles. The molecule has 8 heteroatoms. The lowest BCUT2D eigenvalue weighted by molar-refractivity contribution is 0.0664. The van der Waals surface area contributed by atoms with Gasteiger partial charge in [0.05, 0.1) is 11.1 Å². The average molecular weight is 444 g/mol. The minimum absolute atomic E-state index is 0.255. The highest BCUT2D eigenvalue weighted by atomic mass is 32.2. The maximum absolute atomic E-state index is 13.4. The molecular weight excluding hydrogens is 427 g/mol. The minimum atomic E-state index is -0.324.